The number of thiazole rings is 1. The molecule has 1 aliphatic carbocycles. The summed E-state index contributed by atoms with van der Waals surface area (Å²) in [7, 11) is 0. The van der Waals surface area contributed by atoms with Gasteiger partial charge in [-0.15, -0.1) is 11.3 Å². The van der Waals surface area contributed by atoms with E-state index < -0.39 is 0 Å². The number of carbonyl (C=O) groups excluding carboxylic acids is 1. The molecule has 6 heteroatoms. The van der Waals surface area contributed by atoms with E-state index in [2.05, 4.69) is 44.1 Å². The number of hydrogen-bond donors (Lipinski definition) is 1. The summed E-state index contributed by atoms with van der Waals surface area (Å²) in [6.07, 6.45) is 7.60. The Morgan fingerprint density at radius 2 is 1.93 bits per heavy atom. The first-order valence-electron chi connectivity index (χ1n) is 10.1. The van der Waals surface area contributed by atoms with Crippen molar-refractivity contribution in [3.63, 3.8) is 0 Å². The molecular weight excluding hydrogens is 392 g/mol. The average Bonchev–Trinajstić information content (AvgIpc) is 3.15. The second-order valence-electron chi connectivity index (χ2n) is 7.69. The molecule has 0 saturated heterocycles. The van der Waals surface area contributed by atoms with Crippen molar-refractivity contribution in [3.05, 3.63) is 101 Å². The summed E-state index contributed by atoms with van der Waals surface area (Å²) in [6, 6.07) is 18.2. The molecule has 0 unspecified atom stereocenters. The Bertz CT molecular complexity index is 1140. The first kappa shape index (κ1) is 18.8. The predicted octanol–water partition coefficient (Wildman–Crippen LogP) is 4.99. The fourth-order valence-electron chi connectivity index (χ4n) is 3.91. The Kier molecular flexibility index (Phi) is 5.15. The number of nitrogens with one attached hydrogen (secondary N) is 1. The number of aromatic nitrogens is 3. The molecule has 1 N–H and O–H groups in total. The van der Waals surface area contributed by atoms with E-state index >= 15 is 0 Å². The van der Waals surface area contributed by atoms with Gasteiger partial charge in [0.2, 0.25) is 0 Å². The van der Waals surface area contributed by atoms with Crippen LogP contribution in [0.25, 0.3) is 0 Å². The van der Waals surface area contributed by atoms with Crippen LogP contribution in [0.2, 0.25) is 0 Å². The van der Waals surface area contributed by atoms with Crippen LogP contribution in [0.1, 0.15) is 39.6 Å². The van der Waals surface area contributed by atoms with E-state index in [9.17, 15) is 4.79 Å². The number of carbonyl (C=O) groups is 1. The maximum atomic E-state index is 12.8. The summed E-state index contributed by atoms with van der Waals surface area (Å²) < 4.78 is 2.06. The molecule has 1 aliphatic rings. The molecule has 30 heavy (non-hydrogen) atoms. The lowest BCUT2D eigenvalue weighted by molar-refractivity contribution is 0.101. The Hall–Kier alpha value is -3.25. The van der Waals surface area contributed by atoms with Gasteiger partial charge in [-0.05, 0) is 53.6 Å². The topological polar surface area (TPSA) is 59.8 Å². The molecule has 3 heterocycles. The number of hydrogen-bond acceptors (Lipinski definition) is 4. The highest BCUT2D eigenvalue weighted by atomic mass is 32.1. The van der Waals surface area contributed by atoms with E-state index in [4.69, 9.17) is 0 Å². The first-order valence-corrected chi connectivity index (χ1v) is 11.0. The van der Waals surface area contributed by atoms with Gasteiger partial charge in [0.25, 0.3) is 5.91 Å². The van der Waals surface area contributed by atoms with Crippen LogP contribution < -0.4 is 5.32 Å². The third kappa shape index (κ3) is 4.19. The van der Waals surface area contributed by atoms with Crippen LogP contribution in [0.15, 0.2) is 78.6 Å². The van der Waals surface area contributed by atoms with Crippen LogP contribution in [0.5, 0.6) is 0 Å². The summed E-state index contributed by atoms with van der Waals surface area (Å²) in [4.78, 5) is 21.5. The van der Waals surface area contributed by atoms with Crippen LogP contribution in [-0.2, 0) is 13.0 Å². The van der Waals surface area contributed by atoms with Crippen LogP contribution in [0, 0.1) is 5.92 Å². The van der Waals surface area contributed by atoms with Gasteiger partial charge in [-0.25, -0.2) is 4.98 Å². The second-order valence-corrected chi connectivity index (χ2v) is 8.55. The van der Waals surface area contributed by atoms with Gasteiger partial charge in [0.05, 0.1) is 5.69 Å². The summed E-state index contributed by atoms with van der Waals surface area (Å²) in [6.45, 7) is 0.847. The minimum absolute atomic E-state index is 0.110. The zero-order valence-corrected chi connectivity index (χ0v) is 17.3. The molecule has 3 aromatic heterocycles. The minimum atomic E-state index is -0.110. The van der Waals surface area contributed by atoms with Gasteiger partial charge in [0, 0.05) is 36.9 Å². The largest absolute Gasteiger partial charge is 0.343 e. The lowest BCUT2D eigenvalue weighted by Crippen LogP contribution is -2.17. The first-order chi connectivity index (χ1) is 14.8. The van der Waals surface area contributed by atoms with E-state index in [1.54, 1.807) is 0 Å². The molecular formula is C24H22N4OS. The van der Waals surface area contributed by atoms with Gasteiger partial charge in [-0.2, -0.15) is 0 Å². The van der Waals surface area contributed by atoms with E-state index in [1.807, 2.05) is 54.3 Å². The number of benzene rings is 1. The van der Waals surface area contributed by atoms with Gasteiger partial charge in [0.15, 0.2) is 5.13 Å². The quantitative estimate of drug-likeness (QED) is 0.464. The van der Waals surface area contributed by atoms with E-state index in [0.29, 0.717) is 22.7 Å². The highest BCUT2D eigenvalue weighted by Gasteiger charge is 2.38. The van der Waals surface area contributed by atoms with Gasteiger partial charge in [0.1, 0.15) is 5.69 Å². The highest BCUT2D eigenvalue weighted by Crippen LogP contribution is 2.48. The Morgan fingerprint density at radius 3 is 2.77 bits per heavy atom. The van der Waals surface area contributed by atoms with Gasteiger partial charge in [-0.1, -0.05) is 30.3 Å². The number of pyridine rings is 1. The van der Waals surface area contributed by atoms with Crippen molar-refractivity contribution in [1.29, 1.82) is 0 Å². The summed E-state index contributed by atoms with van der Waals surface area (Å²) >= 11 is 1.47. The summed E-state index contributed by atoms with van der Waals surface area (Å²) in [5.41, 5.74) is 4.19. The van der Waals surface area contributed by atoms with Gasteiger partial charge in [-0.3, -0.25) is 15.1 Å². The standard InChI is InChI=1S/C24H22N4OS/c29-23(27-24-26-20(16-30-24)13-17-5-2-1-3-6-17)22-7-4-12-28(22)15-19-14-21(19)18-8-10-25-11-9-18/h1-12,16,19,21H,13-15H2,(H,26,27,29)/t19-,21+/m1/s1. The Balaban J connectivity index is 1.21. The summed E-state index contributed by atoms with van der Waals surface area (Å²) in [5.74, 6) is 1.01. The Labute approximate surface area is 179 Å². The third-order valence-electron chi connectivity index (χ3n) is 5.55. The Morgan fingerprint density at radius 1 is 1.10 bits per heavy atom. The molecule has 4 aromatic rings. The van der Waals surface area contributed by atoms with Crippen LogP contribution in [-0.4, -0.2) is 20.4 Å². The number of amides is 1. The van der Waals surface area contributed by atoms with Crippen molar-refractivity contribution in [2.24, 2.45) is 5.92 Å². The molecule has 1 amide bonds. The average molecular weight is 415 g/mol. The normalized spacial score (nSPS) is 17.6. The van der Waals surface area contributed by atoms with Crippen LogP contribution in [0.3, 0.4) is 0 Å². The predicted molar refractivity (Wildman–Crippen MR) is 119 cm³/mol. The van der Waals surface area contributed by atoms with E-state index in [1.165, 1.54) is 22.5 Å². The van der Waals surface area contributed by atoms with Gasteiger partial charge < -0.3 is 4.57 Å². The molecule has 1 fully saturated rings. The number of rotatable bonds is 7. The fraction of sp³-hybridized carbons (Fsp3) is 0.208. The zero-order chi connectivity index (χ0) is 20.3. The minimum Gasteiger partial charge on any atom is -0.343 e. The van der Waals surface area contributed by atoms with Gasteiger partial charge >= 0.3 is 0 Å². The zero-order valence-electron chi connectivity index (χ0n) is 16.4. The van der Waals surface area contributed by atoms with Crippen LogP contribution in [0.4, 0.5) is 5.13 Å². The molecule has 1 saturated carbocycles. The molecule has 5 nitrogen and oxygen atoms in total. The molecule has 2 atom stereocenters. The lowest BCUT2D eigenvalue weighted by Gasteiger charge is -2.09. The van der Waals surface area contributed by atoms with Crippen molar-refractivity contribution in [2.75, 3.05) is 5.32 Å². The molecule has 5 rings (SSSR count). The maximum Gasteiger partial charge on any atom is 0.274 e. The smallest absolute Gasteiger partial charge is 0.274 e. The second kappa shape index (κ2) is 8.24. The molecule has 0 bridgehead atoms. The molecule has 0 spiro atoms. The SMILES string of the molecule is O=C(Nc1nc(Cc2ccccc2)cs1)c1cccn1C[C@H]1C[C@H]1c1ccncc1. The van der Waals surface area contributed by atoms with Crippen molar-refractivity contribution in [2.45, 2.75) is 25.3 Å². The van der Waals surface area contributed by atoms with Crippen molar-refractivity contribution < 1.29 is 4.79 Å². The lowest BCUT2D eigenvalue weighted by atomic mass is 10.1. The molecule has 0 radical (unpaired) electrons. The van der Waals surface area contributed by atoms with E-state index in [0.717, 1.165) is 25.1 Å². The summed E-state index contributed by atoms with van der Waals surface area (Å²) in [5, 5.41) is 5.61. The number of nitrogens with zero attached hydrogens (tertiary/aromatic N) is 3. The third-order valence-corrected chi connectivity index (χ3v) is 6.36. The van der Waals surface area contributed by atoms with E-state index in [-0.39, 0.29) is 5.91 Å². The monoisotopic (exact) mass is 414 g/mol. The van der Waals surface area contributed by atoms with Crippen molar-refractivity contribution in [3.8, 4) is 0 Å². The molecule has 0 aliphatic heterocycles. The molecule has 1 aromatic carbocycles. The van der Waals surface area contributed by atoms with Crippen LogP contribution >= 0.6 is 11.3 Å². The maximum absolute atomic E-state index is 12.8. The number of anilines is 1. The molecule has 150 valence electrons. The van der Waals surface area contributed by atoms with Crippen molar-refractivity contribution >= 4 is 22.4 Å². The van der Waals surface area contributed by atoms with Crippen molar-refractivity contribution in [1.82, 2.24) is 14.5 Å². The highest BCUT2D eigenvalue weighted by molar-refractivity contribution is 7.14. The fourth-order valence-corrected chi connectivity index (χ4v) is 4.62.